The maximum atomic E-state index is 12.2. The molecular weight excluding hydrogens is 226 g/mol. The normalized spacial score (nSPS) is 16.4. The highest BCUT2D eigenvalue weighted by atomic mass is 16.2. The van der Waals surface area contributed by atoms with E-state index in [2.05, 4.69) is 19.9 Å². The molecule has 1 aliphatic carbocycles. The molecule has 0 aliphatic heterocycles. The molecule has 0 aromatic carbocycles. The molecule has 0 heterocycles. The minimum Gasteiger partial charge on any atom is -0.339 e. The van der Waals surface area contributed by atoms with Gasteiger partial charge in [0.2, 0.25) is 5.91 Å². The van der Waals surface area contributed by atoms with E-state index in [0.29, 0.717) is 37.9 Å². The Morgan fingerprint density at radius 3 is 2.61 bits per heavy atom. The third kappa shape index (κ3) is 5.05. The second kappa shape index (κ2) is 7.38. The lowest BCUT2D eigenvalue weighted by Gasteiger charge is -2.24. The van der Waals surface area contributed by atoms with Crippen LogP contribution in [0.5, 0.6) is 0 Å². The van der Waals surface area contributed by atoms with Crippen LogP contribution in [0.3, 0.4) is 0 Å². The summed E-state index contributed by atoms with van der Waals surface area (Å²) in [6.07, 6.45) is 4.15. The number of carbonyl (C=O) groups is 1. The van der Waals surface area contributed by atoms with Crippen LogP contribution < -0.4 is 5.73 Å². The summed E-state index contributed by atoms with van der Waals surface area (Å²) in [6, 6.07) is 2.51. The Labute approximate surface area is 110 Å². The van der Waals surface area contributed by atoms with Gasteiger partial charge in [-0.05, 0) is 37.6 Å². The van der Waals surface area contributed by atoms with Gasteiger partial charge in [-0.25, -0.2) is 0 Å². The summed E-state index contributed by atoms with van der Waals surface area (Å²) >= 11 is 0. The number of nitrogens with two attached hydrogens (primary N) is 1. The van der Waals surface area contributed by atoms with Crippen LogP contribution in [0.4, 0.5) is 0 Å². The molecule has 1 amide bonds. The van der Waals surface area contributed by atoms with Crippen molar-refractivity contribution in [2.24, 2.45) is 17.6 Å². The molecule has 4 heteroatoms. The third-order valence-electron chi connectivity index (χ3n) is 3.37. The van der Waals surface area contributed by atoms with Crippen molar-refractivity contribution in [3.63, 3.8) is 0 Å². The predicted molar refractivity (Wildman–Crippen MR) is 71.6 cm³/mol. The minimum atomic E-state index is 0.184. The molecule has 0 radical (unpaired) electrons. The average molecular weight is 251 g/mol. The highest BCUT2D eigenvalue weighted by Crippen LogP contribution is 2.28. The standard InChI is InChI=1S/C14H25N3O/c1-11(2)8-12(10-16)9-14(18)17(7-3-6-15)13-4-5-13/h11-13H,3-5,7-10,16H2,1-2H3/t12-/m0/s1. The molecule has 0 unspecified atom stereocenters. The van der Waals surface area contributed by atoms with Gasteiger partial charge < -0.3 is 10.6 Å². The first-order valence-electron chi connectivity index (χ1n) is 6.95. The van der Waals surface area contributed by atoms with E-state index >= 15 is 0 Å². The summed E-state index contributed by atoms with van der Waals surface area (Å²) in [4.78, 5) is 14.1. The first-order valence-corrected chi connectivity index (χ1v) is 6.95. The van der Waals surface area contributed by atoms with Crippen molar-refractivity contribution < 1.29 is 4.79 Å². The highest BCUT2D eigenvalue weighted by molar-refractivity contribution is 5.77. The minimum absolute atomic E-state index is 0.184. The summed E-state index contributed by atoms with van der Waals surface area (Å²) < 4.78 is 0. The summed E-state index contributed by atoms with van der Waals surface area (Å²) in [7, 11) is 0. The van der Waals surface area contributed by atoms with Crippen molar-refractivity contribution in [1.29, 1.82) is 5.26 Å². The Kier molecular flexibility index (Phi) is 6.14. The fourth-order valence-electron chi connectivity index (χ4n) is 2.36. The molecule has 0 bridgehead atoms. The summed E-state index contributed by atoms with van der Waals surface area (Å²) in [5.41, 5.74) is 5.74. The lowest BCUT2D eigenvalue weighted by atomic mass is 9.93. The molecule has 0 aromatic heterocycles. The van der Waals surface area contributed by atoms with Gasteiger partial charge in [0.05, 0.1) is 12.5 Å². The van der Waals surface area contributed by atoms with E-state index in [1.165, 1.54) is 0 Å². The van der Waals surface area contributed by atoms with Crippen LogP contribution in [0.1, 0.15) is 46.0 Å². The molecule has 0 aromatic rings. The first-order chi connectivity index (χ1) is 8.58. The molecule has 1 fully saturated rings. The predicted octanol–water partition coefficient (Wildman–Crippen LogP) is 1.90. The average Bonchev–Trinajstić information content (AvgIpc) is 3.12. The fourth-order valence-corrected chi connectivity index (χ4v) is 2.36. The van der Waals surface area contributed by atoms with Gasteiger partial charge >= 0.3 is 0 Å². The SMILES string of the molecule is CC(C)C[C@H](CN)CC(=O)N(CCC#N)C1CC1. The van der Waals surface area contributed by atoms with Crippen LogP contribution in [0.25, 0.3) is 0 Å². The Morgan fingerprint density at radius 2 is 2.17 bits per heavy atom. The second-order valence-corrected chi connectivity index (χ2v) is 5.66. The largest absolute Gasteiger partial charge is 0.339 e. The van der Waals surface area contributed by atoms with Crippen LogP contribution in [0.15, 0.2) is 0 Å². The molecule has 0 spiro atoms. The van der Waals surface area contributed by atoms with Crippen molar-refractivity contribution in [2.45, 2.75) is 52.0 Å². The van der Waals surface area contributed by atoms with Gasteiger partial charge in [0.1, 0.15) is 0 Å². The molecule has 1 rings (SSSR count). The van der Waals surface area contributed by atoms with E-state index in [9.17, 15) is 4.79 Å². The molecule has 0 saturated heterocycles. The molecule has 4 nitrogen and oxygen atoms in total. The van der Waals surface area contributed by atoms with E-state index in [-0.39, 0.29) is 11.8 Å². The van der Waals surface area contributed by atoms with Gasteiger partial charge in [0.25, 0.3) is 0 Å². The van der Waals surface area contributed by atoms with Crippen LogP contribution in [0, 0.1) is 23.2 Å². The monoisotopic (exact) mass is 251 g/mol. The van der Waals surface area contributed by atoms with Crippen LogP contribution in [0.2, 0.25) is 0 Å². The van der Waals surface area contributed by atoms with Gasteiger partial charge in [-0.3, -0.25) is 4.79 Å². The van der Waals surface area contributed by atoms with E-state index in [0.717, 1.165) is 19.3 Å². The maximum Gasteiger partial charge on any atom is 0.223 e. The zero-order valence-corrected chi connectivity index (χ0v) is 11.6. The van der Waals surface area contributed by atoms with Crippen molar-refractivity contribution in [1.82, 2.24) is 4.90 Å². The zero-order chi connectivity index (χ0) is 13.5. The Morgan fingerprint density at radius 1 is 1.50 bits per heavy atom. The van der Waals surface area contributed by atoms with Gasteiger partial charge in [-0.15, -0.1) is 0 Å². The number of hydrogen-bond acceptors (Lipinski definition) is 3. The topological polar surface area (TPSA) is 70.1 Å². The Bertz CT molecular complexity index is 305. The van der Waals surface area contributed by atoms with E-state index < -0.39 is 0 Å². The van der Waals surface area contributed by atoms with E-state index in [4.69, 9.17) is 11.0 Å². The lowest BCUT2D eigenvalue weighted by molar-refractivity contribution is -0.132. The molecule has 102 valence electrons. The van der Waals surface area contributed by atoms with Crippen molar-refractivity contribution in [3.05, 3.63) is 0 Å². The second-order valence-electron chi connectivity index (χ2n) is 5.66. The molecule has 1 atom stereocenters. The summed E-state index contributed by atoms with van der Waals surface area (Å²) in [5, 5.41) is 8.64. The summed E-state index contributed by atoms with van der Waals surface area (Å²) in [6.45, 7) is 5.46. The van der Waals surface area contributed by atoms with Crippen LogP contribution >= 0.6 is 0 Å². The van der Waals surface area contributed by atoms with Crippen LogP contribution in [-0.2, 0) is 4.79 Å². The third-order valence-corrected chi connectivity index (χ3v) is 3.37. The highest BCUT2D eigenvalue weighted by Gasteiger charge is 2.32. The number of carbonyl (C=O) groups excluding carboxylic acids is 1. The number of hydrogen-bond donors (Lipinski definition) is 1. The zero-order valence-electron chi connectivity index (χ0n) is 11.6. The molecule has 1 saturated carbocycles. The Hall–Kier alpha value is -1.08. The maximum absolute atomic E-state index is 12.2. The molecular formula is C14H25N3O. The summed E-state index contributed by atoms with van der Waals surface area (Å²) in [5.74, 6) is 1.03. The number of nitriles is 1. The van der Waals surface area contributed by atoms with Gasteiger partial charge in [0.15, 0.2) is 0 Å². The van der Waals surface area contributed by atoms with Crippen molar-refractivity contribution in [2.75, 3.05) is 13.1 Å². The van der Waals surface area contributed by atoms with Crippen molar-refractivity contribution in [3.8, 4) is 6.07 Å². The van der Waals surface area contributed by atoms with E-state index in [1.807, 2.05) is 4.90 Å². The number of nitrogens with zero attached hydrogens (tertiary/aromatic N) is 2. The number of rotatable bonds is 8. The smallest absolute Gasteiger partial charge is 0.223 e. The Balaban J connectivity index is 2.46. The number of amides is 1. The first kappa shape index (κ1) is 15.0. The van der Waals surface area contributed by atoms with Gasteiger partial charge in [0, 0.05) is 19.0 Å². The van der Waals surface area contributed by atoms with Gasteiger partial charge in [-0.2, -0.15) is 5.26 Å². The van der Waals surface area contributed by atoms with E-state index in [1.54, 1.807) is 0 Å². The van der Waals surface area contributed by atoms with Crippen molar-refractivity contribution >= 4 is 5.91 Å². The molecule has 2 N–H and O–H groups in total. The van der Waals surface area contributed by atoms with Crippen LogP contribution in [-0.4, -0.2) is 29.9 Å². The molecule has 1 aliphatic rings. The molecule has 18 heavy (non-hydrogen) atoms. The lowest BCUT2D eigenvalue weighted by Crippen LogP contribution is -2.36. The van der Waals surface area contributed by atoms with Gasteiger partial charge in [-0.1, -0.05) is 13.8 Å². The quantitative estimate of drug-likeness (QED) is 0.716. The fraction of sp³-hybridized carbons (Fsp3) is 0.857.